The second-order valence-electron chi connectivity index (χ2n) is 13.6. The van der Waals surface area contributed by atoms with Crippen molar-refractivity contribution in [2.75, 3.05) is 6.54 Å². The smallest absolute Gasteiger partial charge is 0.657 e. The number of amides is 2. The van der Waals surface area contributed by atoms with Crippen LogP contribution in [0.15, 0.2) is 43.5 Å². The Kier molecular flexibility index (Phi) is 13.5. The van der Waals surface area contributed by atoms with Crippen molar-refractivity contribution in [3.05, 3.63) is 95.5 Å². The van der Waals surface area contributed by atoms with Crippen LogP contribution >= 0.6 is 0 Å². The molecule has 1 fully saturated rings. The molecule has 54 heavy (non-hydrogen) atoms. The van der Waals surface area contributed by atoms with Crippen molar-refractivity contribution in [3.8, 4) is 0 Å². The maximum atomic E-state index is 13.2. The van der Waals surface area contributed by atoms with Crippen LogP contribution in [-0.4, -0.2) is 50.1 Å². The molecule has 0 aliphatic carbocycles. The number of ketones is 1. The number of carbonyl (C=O) groups excluding carboxylic acids is 3. The number of aryl methyl sites for hydroxylation is 3. The van der Waals surface area contributed by atoms with E-state index < -0.39 is 11.9 Å². The molecule has 1 atom stereocenters. The van der Waals surface area contributed by atoms with Gasteiger partial charge in [-0.05, 0) is 69.2 Å². The first kappa shape index (κ1) is 42.1. The van der Waals surface area contributed by atoms with Crippen LogP contribution in [-0.2, 0) is 59.7 Å². The molecule has 1 saturated heterocycles. The quantitative estimate of drug-likeness (QED) is 0.114. The van der Waals surface area contributed by atoms with E-state index in [1.54, 1.807) is 12.2 Å². The van der Waals surface area contributed by atoms with Gasteiger partial charge in [-0.2, -0.15) is 0 Å². The van der Waals surface area contributed by atoms with Crippen molar-refractivity contribution in [2.24, 2.45) is 5.92 Å². The van der Waals surface area contributed by atoms with E-state index in [4.69, 9.17) is 19.9 Å². The summed E-state index contributed by atoms with van der Waals surface area (Å²) in [5.74, 6) is -1.98. The maximum Gasteiger partial charge on any atom is 2.00 e. The average Bonchev–Trinajstić information content (AvgIpc) is 3.82. The molecule has 3 aliphatic heterocycles. The van der Waals surface area contributed by atoms with Gasteiger partial charge in [0.2, 0.25) is 11.8 Å². The molecule has 12 heteroatoms. The summed E-state index contributed by atoms with van der Waals surface area (Å²) in [4.78, 5) is 70.5. The summed E-state index contributed by atoms with van der Waals surface area (Å²) in [5.41, 5.74) is 12.7. The van der Waals surface area contributed by atoms with Crippen LogP contribution in [0.3, 0.4) is 0 Å². The molecule has 0 spiro atoms. The number of imide groups is 1. The molecule has 6 heterocycles. The number of likely N-dealkylation sites (tertiary alicyclic amines) is 1. The molecule has 0 saturated carbocycles. The van der Waals surface area contributed by atoms with E-state index in [0.29, 0.717) is 40.8 Å². The van der Waals surface area contributed by atoms with Crippen molar-refractivity contribution < 1.29 is 58.4 Å². The van der Waals surface area contributed by atoms with Crippen LogP contribution in [0.2, 0.25) is 0 Å². The van der Waals surface area contributed by atoms with Crippen molar-refractivity contribution >= 4 is 74.0 Å². The standard InChI is InChI=1S/C42H43N5O5.2Fe/c1-8-28-23(4)32-18-33-25(6)30(13-12-27(48)11-10-16-47-40(49)17-22(3)42(47)52)38(45-33)21-39-31(14-15-41(50)51)26(7)35(46-39)20-37-29(9-2)24(5)34(44-37)19-36(28)43-32;;/h8-9,18-22H,1-3,10-17H2,4-7H3,(H2-,43,44,45,46,50,51);;/q-2;;+2/p-1. The number of fused-ring (bicyclic) bond motifs is 8. The number of aliphatic carboxylic acids is 1. The van der Waals surface area contributed by atoms with E-state index in [-0.39, 0.29) is 90.4 Å². The minimum absolute atomic E-state index is 0. The summed E-state index contributed by atoms with van der Waals surface area (Å²) in [7, 11) is 0. The summed E-state index contributed by atoms with van der Waals surface area (Å²) in [6, 6.07) is 7.71. The largest absolute Gasteiger partial charge is 2.00 e. The fourth-order valence-corrected chi connectivity index (χ4v) is 7.19. The molecule has 282 valence electrons. The third-order valence-corrected chi connectivity index (χ3v) is 10.3. The molecule has 10 nitrogen and oxygen atoms in total. The van der Waals surface area contributed by atoms with Crippen molar-refractivity contribution in [1.29, 1.82) is 0 Å². The number of aromatic nitrogens is 4. The molecule has 1 unspecified atom stereocenters. The van der Waals surface area contributed by atoms with Crippen LogP contribution in [0.25, 0.3) is 50.4 Å². The summed E-state index contributed by atoms with van der Waals surface area (Å²) in [6.45, 7) is 20.0. The normalized spacial score (nSPS) is 15.4. The number of carbonyl (C=O) groups is 4. The SMILES string of the molecule is C=CC1=C(C)c2cc3[n-]c(cc4nc(cc5[n-]c(cc1n2)c(C)c5C=C)C(C)=C4CCC(=O)O)c(CCC(=O)CCCN1C(=O)CC([CH2-])C1=O)c3C.[Fe+2].[Fe]. The number of carboxylic acid groups (broad SMARTS) is 1. The van der Waals surface area contributed by atoms with Crippen LogP contribution in [0.5, 0.6) is 0 Å². The Labute approximate surface area is 336 Å². The predicted molar refractivity (Wildman–Crippen MR) is 203 cm³/mol. The number of rotatable bonds is 12. The third-order valence-electron chi connectivity index (χ3n) is 10.3. The van der Waals surface area contributed by atoms with Crippen LogP contribution in [0.4, 0.5) is 0 Å². The van der Waals surface area contributed by atoms with Gasteiger partial charge in [-0.3, -0.25) is 24.1 Å². The van der Waals surface area contributed by atoms with E-state index >= 15 is 0 Å². The molecule has 0 aromatic carbocycles. The Bertz CT molecular complexity index is 2310. The van der Waals surface area contributed by atoms with E-state index in [2.05, 4.69) is 20.1 Å². The topological polar surface area (TPSA) is 146 Å². The van der Waals surface area contributed by atoms with Gasteiger partial charge in [-0.25, -0.2) is 9.97 Å². The van der Waals surface area contributed by atoms with Crippen LogP contribution in [0.1, 0.15) is 97.4 Å². The molecule has 0 radical (unpaired) electrons. The number of nitrogens with zero attached hydrogens (tertiary/aromatic N) is 5. The first-order valence-corrected chi connectivity index (χ1v) is 17.5. The van der Waals surface area contributed by atoms with Gasteiger partial charge in [0.05, 0.1) is 22.8 Å². The second-order valence-corrected chi connectivity index (χ2v) is 13.6. The Morgan fingerprint density at radius 3 is 2.11 bits per heavy atom. The van der Waals surface area contributed by atoms with Crippen molar-refractivity contribution in [2.45, 2.75) is 72.6 Å². The third kappa shape index (κ3) is 8.22. The minimum Gasteiger partial charge on any atom is -0.657 e. The minimum atomic E-state index is -0.906. The zero-order valence-electron chi connectivity index (χ0n) is 30.8. The van der Waals surface area contributed by atoms with Gasteiger partial charge in [-0.15, -0.1) is 22.1 Å². The van der Waals surface area contributed by atoms with Crippen LogP contribution in [0, 0.1) is 26.7 Å². The van der Waals surface area contributed by atoms with Gasteiger partial charge in [0.15, 0.2) is 0 Å². The first-order chi connectivity index (χ1) is 24.8. The maximum absolute atomic E-state index is 13.2. The number of carboxylic acids is 1. The molecular weight excluding hydrogens is 766 g/mol. The van der Waals surface area contributed by atoms with Gasteiger partial charge in [0.1, 0.15) is 5.78 Å². The Morgan fingerprint density at radius 1 is 0.852 bits per heavy atom. The monoisotopic (exact) mass is 808 g/mol. The van der Waals surface area contributed by atoms with Crippen molar-refractivity contribution in [3.63, 3.8) is 0 Å². The van der Waals surface area contributed by atoms with E-state index in [0.717, 1.165) is 61.5 Å². The van der Waals surface area contributed by atoms with Crippen molar-refractivity contribution in [1.82, 2.24) is 24.8 Å². The summed E-state index contributed by atoms with van der Waals surface area (Å²) in [6.07, 6.45) is 5.18. The molecule has 2 amide bonds. The summed E-state index contributed by atoms with van der Waals surface area (Å²) >= 11 is 0. The average molecular weight is 809 g/mol. The van der Waals surface area contributed by atoms with E-state index in [9.17, 15) is 24.3 Å². The number of hydrogen-bond donors (Lipinski definition) is 1. The molecule has 8 bridgehead atoms. The van der Waals surface area contributed by atoms with Gasteiger partial charge in [0.25, 0.3) is 0 Å². The molecular formula is C42H42Fe2N5O5-. The molecule has 3 aromatic heterocycles. The predicted octanol–water partition coefficient (Wildman–Crippen LogP) is 7.23. The van der Waals surface area contributed by atoms with Gasteiger partial charge >= 0.3 is 23.0 Å². The fourth-order valence-electron chi connectivity index (χ4n) is 7.19. The molecule has 3 aromatic rings. The second kappa shape index (κ2) is 17.2. The first-order valence-electron chi connectivity index (χ1n) is 17.5. The molecule has 6 rings (SSSR count). The number of hydrogen-bond acceptors (Lipinski definition) is 6. The Hall–Kier alpha value is -4.60. The Morgan fingerprint density at radius 2 is 1.46 bits per heavy atom. The fraction of sp³-hybridized carbons (Fsp3) is 0.310. The van der Waals surface area contributed by atoms with Gasteiger partial charge in [0, 0.05) is 54.9 Å². The van der Waals surface area contributed by atoms with Crippen LogP contribution < -0.4 is 9.97 Å². The van der Waals surface area contributed by atoms with E-state index in [1.165, 1.54) is 4.90 Å². The Balaban J connectivity index is 0.00000325. The summed E-state index contributed by atoms with van der Waals surface area (Å²) in [5, 5.41) is 9.59. The molecule has 1 N–H and O–H groups in total. The number of Topliss-reactive ketones (excluding diaryl/α,β-unsaturated/α-hetero) is 1. The van der Waals surface area contributed by atoms with E-state index in [1.807, 2.05) is 52.0 Å². The zero-order chi connectivity index (χ0) is 37.4. The zero-order valence-corrected chi connectivity index (χ0v) is 33.1. The molecule has 3 aliphatic rings. The summed E-state index contributed by atoms with van der Waals surface area (Å²) < 4.78 is 0. The number of allylic oxidation sites excluding steroid dienone is 5. The van der Waals surface area contributed by atoms with Gasteiger partial charge in [-0.1, -0.05) is 72.2 Å². The van der Waals surface area contributed by atoms with Gasteiger partial charge < -0.3 is 22.0 Å².